The summed E-state index contributed by atoms with van der Waals surface area (Å²) in [6.45, 7) is 1.79. The number of benzene rings is 1. The molecule has 192 valence electrons. The number of fused-ring (bicyclic) bond motifs is 1. The summed E-state index contributed by atoms with van der Waals surface area (Å²) >= 11 is 13.8. The van der Waals surface area contributed by atoms with E-state index in [1.165, 1.54) is 11.3 Å². The second kappa shape index (κ2) is 11.7. The molecule has 13 heteroatoms. The van der Waals surface area contributed by atoms with E-state index < -0.39 is 0 Å². The lowest BCUT2D eigenvalue weighted by Crippen LogP contribution is -2.31. The monoisotopic (exact) mass is 557 g/mol. The van der Waals surface area contributed by atoms with Crippen molar-refractivity contribution in [2.75, 3.05) is 44.8 Å². The molecule has 0 fully saturated rings. The molecule has 0 aliphatic rings. The van der Waals surface area contributed by atoms with E-state index in [1.54, 1.807) is 35.0 Å². The number of hydrogen-bond acceptors (Lipinski definition) is 9. The molecule has 3 heterocycles. The highest BCUT2D eigenvalue weighted by Gasteiger charge is 2.17. The number of halogens is 2. The van der Waals surface area contributed by atoms with Gasteiger partial charge >= 0.3 is 0 Å². The van der Waals surface area contributed by atoms with Crippen molar-refractivity contribution in [2.45, 2.75) is 12.8 Å². The number of likely N-dealkylation sites (N-methyl/N-ethyl adjacent to an activating group) is 1. The Kier molecular flexibility index (Phi) is 8.45. The first-order chi connectivity index (χ1) is 17.7. The van der Waals surface area contributed by atoms with Gasteiger partial charge in [-0.25, -0.2) is 14.5 Å². The van der Waals surface area contributed by atoms with Crippen molar-refractivity contribution in [1.82, 2.24) is 29.8 Å². The van der Waals surface area contributed by atoms with E-state index in [2.05, 4.69) is 26.8 Å². The number of aromatic nitrogens is 4. The molecule has 0 saturated heterocycles. The van der Waals surface area contributed by atoms with Gasteiger partial charge in [-0.3, -0.25) is 4.79 Å². The summed E-state index contributed by atoms with van der Waals surface area (Å²) in [5, 5.41) is 21.6. The first-order valence-corrected chi connectivity index (χ1v) is 13.0. The van der Waals surface area contributed by atoms with Gasteiger partial charge in [-0.2, -0.15) is 10.4 Å². The summed E-state index contributed by atoms with van der Waals surface area (Å²) in [5.41, 5.74) is 7.96. The Morgan fingerprint density at radius 1 is 1.24 bits per heavy atom. The first-order valence-electron chi connectivity index (χ1n) is 11.4. The minimum Gasteiger partial charge on any atom is -0.382 e. The van der Waals surface area contributed by atoms with Crippen molar-refractivity contribution >= 4 is 57.6 Å². The summed E-state index contributed by atoms with van der Waals surface area (Å²) in [7, 11) is 3.88. The quantitative estimate of drug-likeness (QED) is 0.249. The molecule has 4 rings (SSSR count). The first kappa shape index (κ1) is 26.6. The van der Waals surface area contributed by atoms with Crippen LogP contribution < -0.4 is 16.4 Å². The van der Waals surface area contributed by atoms with Crippen LogP contribution in [0.1, 0.15) is 26.8 Å². The van der Waals surface area contributed by atoms with Crippen LogP contribution in [-0.2, 0) is 6.42 Å². The molecule has 0 radical (unpaired) electrons. The second-order valence-corrected chi connectivity index (χ2v) is 10.4. The molecule has 4 aromatic rings. The fourth-order valence-corrected chi connectivity index (χ4v) is 4.88. The molecule has 0 aliphatic heterocycles. The SMILES string of the molecule is CN(C)CCNC(=O)c1cc2c(NCCCc3nc(N)c(C#N)s3)nc(-c3ccc(Cl)cc3Cl)cn2n1. The number of nitrogen functional groups attached to an aromatic ring is 1. The Morgan fingerprint density at radius 2 is 2.05 bits per heavy atom. The van der Waals surface area contributed by atoms with Gasteiger partial charge in [-0.1, -0.05) is 23.2 Å². The number of carbonyl (C=O) groups is 1. The van der Waals surface area contributed by atoms with Crippen LogP contribution in [0.15, 0.2) is 30.5 Å². The van der Waals surface area contributed by atoms with Crippen molar-refractivity contribution in [2.24, 2.45) is 0 Å². The summed E-state index contributed by atoms with van der Waals surface area (Å²) < 4.78 is 1.62. The van der Waals surface area contributed by atoms with Gasteiger partial charge in [-0.05, 0) is 38.7 Å². The molecular weight excluding hydrogens is 533 g/mol. The molecule has 10 nitrogen and oxygen atoms in total. The fourth-order valence-electron chi connectivity index (χ4n) is 3.56. The van der Waals surface area contributed by atoms with Gasteiger partial charge in [0.1, 0.15) is 16.5 Å². The van der Waals surface area contributed by atoms with Crippen LogP contribution in [0.25, 0.3) is 16.8 Å². The Balaban J connectivity index is 1.59. The molecule has 0 unspecified atom stereocenters. The maximum Gasteiger partial charge on any atom is 0.271 e. The van der Waals surface area contributed by atoms with Gasteiger partial charge in [0.25, 0.3) is 5.91 Å². The van der Waals surface area contributed by atoms with Crippen molar-refractivity contribution in [3.63, 3.8) is 0 Å². The van der Waals surface area contributed by atoms with E-state index in [0.29, 0.717) is 63.6 Å². The number of nitrogens with two attached hydrogens (primary N) is 1. The van der Waals surface area contributed by atoms with Crippen molar-refractivity contribution < 1.29 is 4.79 Å². The van der Waals surface area contributed by atoms with E-state index in [0.717, 1.165) is 11.4 Å². The van der Waals surface area contributed by atoms with Crippen LogP contribution in [0.3, 0.4) is 0 Å². The Bertz CT molecular complexity index is 1480. The Morgan fingerprint density at radius 3 is 2.76 bits per heavy atom. The Labute approximate surface area is 228 Å². The number of aryl methyl sites for hydroxylation is 1. The van der Waals surface area contributed by atoms with E-state index in [-0.39, 0.29) is 17.4 Å². The third-order valence-corrected chi connectivity index (χ3v) is 6.98. The average Bonchev–Trinajstić information content (AvgIpc) is 3.44. The zero-order valence-electron chi connectivity index (χ0n) is 20.3. The zero-order valence-corrected chi connectivity index (χ0v) is 22.6. The zero-order chi connectivity index (χ0) is 26.5. The largest absolute Gasteiger partial charge is 0.382 e. The highest BCUT2D eigenvalue weighted by atomic mass is 35.5. The number of nitrogens with zero attached hydrogens (tertiary/aromatic N) is 6. The number of thiazole rings is 1. The summed E-state index contributed by atoms with van der Waals surface area (Å²) in [6.07, 6.45) is 3.11. The fraction of sp³-hybridized carbons (Fsp3) is 0.292. The molecule has 1 aromatic carbocycles. The highest BCUT2D eigenvalue weighted by molar-refractivity contribution is 7.12. The predicted octanol–water partition coefficient (Wildman–Crippen LogP) is 3.95. The lowest BCUT2D eigenvalue weighted by atomic mass is 10.1. The van der Waals surface area contributed by atoms with Gasteiger partial charge in [0, 0.05) is 42.7 Å². The van der Waals surface area contributed by atoms with E-state index in [9.17, 15) is 4.79 Å². The second-order valence-electron chi connectivity index (χ2n) is 8.48. The van der Waals surface area contributed by atoms with Crippen LogP contribution in [0.5, 0.6) is 0 Å². The topological polar surface area (TPSA) is 137 Å². The maximum absolute atomic E-state index is 12.7. The van der Waals surface area contributed by atoms with Gasteiger partial charge in [0.05, 0.1) is 21.9 Å². The minimum atomic E-state index is -0.266. The summed E-state index contributed by atoms with van der Waals surface area (Å²) in [5.74, 6) is 0.555. The molecule has 0 spiro atoms. The standard InChI is InChI=1S/C24H25Cl2N9OS/c1-34(2)9-8-30-24(36)17-11-19-23(29-7-3-4-21-32-22(28)20(12-27)37-21)31-18(13-35(19)33-17)15-6-5-14(25)10-16(15)26/h5-6,10-11,13H,3-4,7-9,28H2,1-2H3,(H,29,31)(H,30,36). The normalized spacial score (nSPS) is 11.1. The lowest BCUT2D eigenvalue weighted by molar-refractivity contribution is 0.0945. The van der Waals surface area contributed by atoms with E-state index in [4.69, 9.17) is 39.2 Å². The highest BCUT2D eigenvalue weighted by Crippen LogP contribution is 2.31. The third kappa shape index (κ3) is 6.47. The van der Waals surface area contributed by atoms with Gasteiger partial charge in [0.15, 0.2) is 17.3 Å². The van der Waals surface area contributed by atoms with Crippen LogP contribution >= 0.6 is 34.5 Å². The van der Waals surface area contributed by atoms with Crippen molar-refractivity contribution in [3.8, 4) is 17.3 Å². The summed E-state index contributed by atoms with van der Waals surface area (Å²) in [6, 6.07) is 8.94. The molecule has 4 N–H and O–H groups in total. The molecule has 0 saturated carbocycles. The summed E-state index contributed by atoms with van der Waals surface area (Å²) in [4.78, 5) is 24.1. The Hall–Kier alpha value is -3.43. The predicted molar refractivity (Wildman–Crippen MR) is 147 cm³/mol. The number of anilines is 2. The van der Waals surface area contributed by atoms with Gasteiger partial charge in [0.2, 0.25) is 0 Å². The third-order valence-electron chi connectivity index (χ3n) is 5.40. The molecule has 3 aromatic heterocycles. The molecule has 1 amide bonds. The molecular formula is C24H25Cl2N9OS. The van der Waals surface area contributed by atoms with Crippen molar-refractivity contribution in [3.05, 3.63) is 56.1 Å². The van der Waals surface area contributed by atoms with E-state index in [1.807, 2.05) is 19.0 Å². The number of nitrogens with one attached hydrogen (secondary N) is 2. The minimum absolute atomic E-state index is 0.266. The number of hydrogen-bond donors (Lipinski definition) is 3. The van der Waals surface area contributed by atoms with E-state index >= 15 is 0 Å². The lowest BCUT2D eigenvalue weighted by Gasteiger charge is -2.11. The number of amides is 1. The molecule has 0 aliphatic carbocycles. The maximum atomic E-state index is 12.7. The molecule has 0 atom stereocenters. The molecule has 0 bridgehead atoms. The van der Waals surface area contributed by atoms with Crippen LogP contribution in [0.4, 0.5) is 11.6 Å². The molecule has 37 heavy (non-hydrogen) atoms. The number of carbonyl (C=O) groups excluding carboxylic acids is 1. The van der Waals surface area contributed by atoms with Gasteiger partial charge in [-0.15, -0.1) is 11.3 Å². The van der Waals surface area contributed by atoms with Crippen LogP contribution in [0.2, 0.25) is 10.0 Å². The number of nitriles is 1. The van der Waals surface area contributed by atoms with Crippen molar-refractivity contribution in [1.29, 1.82) is 5.26 Å². The average molecular weight is 558 g/mol. The van der Waals surface area contributed by atoms with Crippen LogP contribution in [-0.4, -0.2) is 64.1 Å². The number of rotatable bonds is 10. The smallest absolute Gasteiger partial charge is 0.271 e. The van der Waals surface area contributed by atoms with Gasteiger partial charge < -0.3 is 21.3 Å². The van der Waals surface area contributed by atoms with Crippen LogP contribution in [0, 0.1) is 11.3 Å².